The number of methoxy groups -OCH3 is 1. The predicted octanol–water partition coefficient (Wildman–Crippen LogP) is 3.10. The third kappa shape index (κ3) is 2.17. The van der Waals surface area contributed by atoms with Gasteiger partial charge in [-0.25, -0.2) is 4.98 Å². The predicted molar refractivity (Wildman–Crippen MR) is 68.3 cm³/mol. The Morgan fingerprint density at radius 2 is 1.94 bits per heavy atom. The van der Waals surface area contributed by atoms with Crippen molar-refractivity contribution in [2.75, 3.05) is 12.8 Å². The molecule has 0 spiro atoms. The summed E-state index contributed by atoms with van der Waals surface area (Å²) in [4.78, 5) is 4.16. The van der Waals surface area contributed by atoms with Gasteiger partial charge in [-0.15, -0.1) is 0 Å². The van der Waals surface area contributed by atoms with E-state index in [1.165, 1.54) is 0 Å². The van der Waals surface area contributed by atoms with E-state index in [2.05, 4.69) is 20.9 Å². The second kappa shape index (κ2) is 4.53. The second-order valence-electron chi connectivity index (χ2n) is 3.32. The highest BCUT2D eigenvalue weighted by Crippen LogP contribution is 2.28. The number of aromatic nitrogens is 1. The largest absolute Gasteiger partial charge is 0.497 e. The molecular formula is C12H11BrN2O. The highest BCUT2D eigenvalue weighted by molar-refractivity contribution is 9.10. The van der Waals surface area contributed by atoms with Crippen LogP contribution in [0.15, 0.2) is 41.1 Å². The third-order valence-electron chi connectivity index (χ3n) is 2.30. The number of rotatable bonds is 2. The summed E-state index contributed by atoms with van der Waals surface area (Å²) in [5.41, 5.74) is 8.57. The lowest BCUT2D eigenvalue weighted by Crippen LogP contribution is -1.92. The maximum absolute atomic E-state index is 5.92. The van der Waals surface area contributed by atoms with Crippen LogP contribution in [0.4, 0.5) is 5.69 Å². The van der Waals surface area contributed by atoms with Gasteiger partial charge in [0.1, 0.15) is 10.4 Å². The molecule has 16 heavy (non-hydrogen) atoms. The molecule has 2 aromatic rings. The van der Waals surface area contributed by atoms with Crippen molar-refractivity contribution in [3.05, 3.63) is 41.1 Å². The molecule has 82 valence electrons. The van der Waals surface area contributed by atoms with Gasteiger partial charge >= 0.3 is 0 Å². The minimum atomic E-state index is 0.701. The summed E-state index contributed by atoms with van der Waals surface area (Å²) in [6, 6.07) is 9.51. The van der Waals surface area contributed by atoms with Gasteiger partial charge in [0.15, 0.2) is 0 Å². The summed E-state index contributed by atoms with van der Waals surface area (Å²) >= 11 is 3.28. The van der Waals surface area contributed by atoms with Crippen LogP contribution in [0.5, 0.6) is 5.75 Å². The zero-order chi connectivity index (χ0) is 11.5. The summed E-state index contributed by atoms with van der Waals surface area (Å²) in [7, 11) is 1.64. The molecule has 4 heteroatoms. The highest BCUT2D eigenvalue weighted by atomic mass is 79.9. The first-order chi connectivity index (χ1) is 7.70. The van der Waals surface area contributed by atoms with Gasteiger partial charge in [-0.1, -0.05) is 12.1 Å². The minimum Gasteiger partial charge on any atom is -0.497 e. The Hall–Kier alpha value is -1.55. The van der Waals surface area contributed by atoms with Crippen LogP contribution in [0.25, 0.3) is 11.1 Å². The molecule has 0 aliphatic rings. The lowest BCUT2D eigenvalue weighted by atomic mass is 10.1. The van der Waals surface area contributed by atoms with Crippen LogP contribution >= 0.6 is 15.9 Å². The molecule has 3 nitrogen and oxygen atoms in total. The quantitative estimate of drug-likeness (QED) is 0.859. The molecule has 2 rings (SSSR count). The normalized spacial score (nSPS) is 10.1. The van der Waals surface area contributed by atoms with Crippen molar-refractivity contribution in [1.82, 2.24) is 4.98 Å². The fourth-order valence-electron chi connectivity index (χ4n) is 1.46. The van der Waals surface area contributed by atoms with E-state index in [0.29, 0.717) is 5.69 Å². The smallest absolute Gasteiger partial charge is 0.118 e. The number of hydrogen-bond acceptors (Lipinski definition) is 3. The first-order valence-corrected chi connectivity index (χ1v) is 5.55. The number of anilines is 1. The molecule has 2 N–H and O–H groups in total. The van der Waals surface area contributed by atoms with Crippen LogP contribution in [0.2, 0.25) is 0 Å². The van der Waals surface area contributed by atoms with Crippen molar-refractivity contribution >= 4 is 21.6 Å². The number of nitrogens with two attached hydrogens (primary N) is 1. The van der Waals surface area contributed by atoms with E-state index in [9.17, 15) is 0 Å². The van der Waals surface area contributed by atoms with Gasteiger partial charge in [-0.3, -0.25) is 0 Å². The lowest BCUT2D eigenvalue weighted by Gasteiger charge is -2.06. The standard InChI is InChI=1S/C12H11BrN2O/c1-16-9-4-2-8(3-5-9)10-7-15-12(13)6-11(10)14/h2-7H,1H3,(H2,14,15). The van der Waals surface area contributed by atoms with Crippen molar-refractivity contribution in [2.45, 2.75) is 0 Å². The van der Waals surface area contributed by atoms with Crippen molar-refractivity contribution < 1.29 is 4.74 Å². The lowest BCUT2D eigenvalue weighted by molar-refractivity contribution is 0.415. The Balaban J connectivity index is 2.42. The summed E-state index contributed by atoms with van der Waals surface area (Å²) in [6.45, 7) is 0. The Bertz CT molecular complexity index is 497. The fraction of sp³-hybridized carbons (Fsp3) is 0.0833. The van der Waals surface area contributed by atoms with E-state index >= 15 is 0 Å². The number of ether oxygens (including phenoxy) is 1. The number of nitrogens with zero attached hydrogens (tertiary/aromatic N) is 1. The number of halogens is 1. The molecule has 1 aromatic carbocycles. The molecule has 0 aliphatic carbocycles. The summed E-state index contributed by atoms with van der Waals surface area (Å²) in [5.74, 6) is 0.826. The van der Waals surface area contributed by atoms with Crippen LogP contribution in [-0.4, -0.2) is 12.1 Å². The van der Waals surface area contributed by atoms with Crippen LogP contribution < -0.4 is 10.5 Å². The number of nitrogen functional groups attached to an aromatic ring is 1. The van der Waals surface area contributed by atoms with E-state index < -0.39 is 0 Å². The molecule has 0 aliphatic heterocycles. The van der Waals surface area contributed by atoms with Gasteiger partial charge in [0.25, 0.3) is 0 Å². The van der Waals surface area contributed by atoms with Gasteiger partial charge in [0.05, 0.1) is 7.11 Å². The Kier molecular flexibility index (Phi) is 3.10. The molecule has 1 aromatic heterocycles. The topological polar surface area (TPSA) is 48.1 Å². The molecule has 1 heterocycles. The van der Waals surface area contributed by atoms with Crippen molar-refractivity contribution in [3.63, 3.8) is 0 Å². The summed E-state index contributed by atoms with van der Waals surface area (Å²) in [6.07, 6.45) is 1.75. The molecular weight excluding hydrogens is 268 g/mol. The first kappa shape index (κ1) is 11.0. The molecule has 0 bridgehead atoms. The zero-order valence-corrected chi connectivity index (χ0v) is 10.4. The summed E-state index contributed by atoms with van der Waals surface area (Å²) in [5, 5.41) is 0. The average Bonchev–Trinajstić information content (AvgIpc) is 2.29. The van der Waals surface area contributed by atoms with E-state index in [4.69, 9.17) is 10.5 Å². The molecule has 0 fully saturated rings. The van der Waals surface area contributed by atoms with Crippen molar-refractivity contribution in [2.24, 2.45) is 0 Å². The summed E-state index contributed by atoms with van der Waals surface area (Å²) < 4.78 is 5.84. The Labute approximate surface area is 102 Å². The van der Waals surface area contributed by atoms with E-state index in [0.717, 1.165) is 21.5 Å². The SMILES string of the molecule is COc1ccc(-c2cnc(Br)cc2N)cc1. The van der Waals surface area contributed by atoms with E-state index in [1.54, 1.807) is 19.4 Å². The fourth-order valence-corrected chi connectivity index (χ4v) is 1.80. The molecule has 0 atom stereocenters. The average molecular weight is 279 g/mol. The van der Waals surface area contributed by atoms with Gasteiger partial charge in [-0.05, 0) is 39.7 Å². The van der Waals surface area contributed by atoms with Gasteiger partial charge in [0.2, 0.25) is 0 Å². The monoisotopic (exact) mass is 278 g/mol. The maximum Gasteiger partial charge on any atom is 0.118 e. The Morgan fingerprint density at radius 1 is 1.25 bits per heavy atom. The van der Waals surface area contributed by atoms with E-state index in [-0.39, 0.29) is 0 Å². The Morgan fingerprint density at radius 3 is 2.50 bits per heavy atom. The van der Waals surface area contributed by atoms with Gasteiger partial charge in [0, 0.05) is 17.4 Å². The van der Waals surface area contributed by atoms with Crippen molar-refractivity contribution in [3.8, 4) is 16.9 Å². The van der Waals surface area contributed by atoms with Gasteiger partial charge in [-0.2, -0.15) is 0 Å². The highest BCUT2D eigenvalue weighted by Gasteiger charge is 2.04. The first-order valence-electron chi connectivity index (χ1n) is 4.76. The third-order valence-corrected chi connectivity index (χ3v) is 2.74. The molecule has 0 radical (unpaired) electrons. The van der Waals surface area contributed by atoms with Crippen molar-refractivity contribution in [1.29, 1.82) is 0 Å². The van der Waals surface area contributed by atoms with Crippen LogP contribution in [0, 0.1) is 0 Å². The van der Waals surface area contributed by atoms with Gasteiger partial charge < -0.3 is 10.5 Å². The van der Waals surface area contributed by atoms with Crippen LogP contribution in [0.1, 0.15) is 0 Å². The molecule has 0 unspecified atom stereocenters. The molecule has 0 saturated carbocycles. The van der Waals surface area contributed by atoms with Crippen LogP contribution in [-0.2, 0) is 0 Å². The maximum atomic E-state index is 5.92. The minimum absolute atomic E-state index is 0.701. The molecule has 0 saturated heterocycles. The zero-order valence-electron chi connectivity index (χ0n) is 8.77. The van der Waals surface area contributed by atoms with E-state index in [1.807, 2.05) is 24.3 Å². The number of benzene rings is 1. The second-order valence-corrected chi connectivity index (χ2v) is 4.14. The number of hydrogen-bond donors (Lipinski definition) is 1. The number of pyridine rings is 1. The van der Waals surface area contributed by atoms with Crippen LogP contribution in [0.3, 0.4) is 0 Å². The molecule has 0 amide bonds.